The molecular formula is C18H16BrFN4OS. The number of nitrogens with one attached hydrogen (secondary N) is 1. The number of nitrogens with zero attached hydrogens (tertiary/aromatic N) is 3. The first-order valence-electron chi connectivity index (χ1n) is 7.94. The predicted molar refractivity (Wildman–Crippen MR) is 105 cm³/mol. The van der Waals surface area contributed by atoms with Crippen molar-refractivity contribution in [2.75, 3.05) is 11.1 Å². The van der Waals surface area contributed by atoms with E-state index in [0.717, 1.165) is 15.9 Å². The predicted octanol–water partition coefficient (Wildman–Crippen LogP) is 4.60. The van der Waals surface area contributed by atoms with Crippen LogP contribution in [0, 0.1) is 5.82 Å². The smallest absolute Gasteiger partial charge is 0.234 e. The van der Waals surface area contributed by atoms with E-state index in [4.69, 9.17) is 0 Å². The van der Waals surface area contributed by atoms with Gasteiger partial charge in [0.1, 0.15) is 5.82 Å². The number of halogens is 2. The van der Waals surface area contributed by atoms with Gasteiger partial charge in [0.25, 0.3) is 0 Å². The summed E-state index contributed by atoms with van der Waals surface area (Å²) in [7, 11) is 0. The van der Waals surface area contributed by atoms with E-state index in [1.165, 1.54) is 23.9 Å². The maximum atomic E-state index is 13.6. The molecule has 5 nitrogen and oxygen atoms in total. The molecule has 0 aliphatic carbocycles. The Labute approximate surface area is 163 Å². The maximum Gasteiger partial charge on any atom is 0.234 e. The molecular weight excluding hydrogens is 419 g/mol. The molecule has 8 heteroatoms. The van der Waals surface area contributed by atoms with Gasteiger partial charge in [0.05, 0.1) is 11.4 Å². The highest BCUT2D eigenvalue weighted by atomic mass is 79.9. The average molecular weight is 435 g/mol. The number of amides is 1. The maximum absolute atomic E-state index is 13.6. The first kappa shape index (κ1) is 18.6. The van der Waals surface area contributed by atoms with Gasteiger partial charge in [-0.3, -0.25) is 4.79 Å². The fraction of sp³-hybridized carbons (Fsp3) is 0.167. The molecule has 0 fully saturated rings. The Morgan fingerprint density at radius 2 is 1.92 bits per heavy atom. The van der Waals surface area contributed by atoms with E-state index in [1.807, 2.05) is 35.8 Å². The highest BCUT2D eigenvalue weighted by Crippen LogP contribution is 2.25. The number of benzene rings is 2. The molecule has 0 saturated heterocycles. The molecule has 3 aromatic rings. The molecule has 1 amide bonds. The van der Waals surface area contributed by atoms with Gasteiger partial charge in [-0.1, -0.05) is 52.0 Å². The standard InChI is InChI=1S/C18H16BrFN4OS/c1-2-24-17(12-7-9-13(19)10-8-12)22-23-18(24)26-11-16(25)21-15-6-4-3-5-14(15)20/h3-10H,2,11H2,1H3,(H,21,25). The molecule has 0 aliphatic heterocycles. The molecule has 0 unspecified atom stereocenters. The number of aromatic nitrogens is 3. The summed E-state index contributed by atoms with van der Waals surface area (Å²) >= 11 is 4.68. The van der Waals surface area contributed by atoms with Crippen LogP contribution in [0.5, 0.6) is 0 Å². The normalized spacial score (nSPS) is 10.7. The molecule has 0 radical (unpaired) electrons. The lowest BCUT2D eigenvalue weighted by molar-refractivity contribution is -0.113. The summed E-state index contributed by atoms with van der Waals surface area (Å²) in [6, 6.07) is 13.9. The Bertz CT molecular complexity index is 914. The summed E-state index contributed by atoms with van der Waals surface area (Å²) in [6.45, 7) is 2.67. The molecule has 3 rings (SSSR count). The summed E-state index contributed by atoms with van der Waals surface area (Å²) in [5.74, 6) is 0.111. The monoisotopic (exact) mass is 434 g/mol. The van der Waals surface area contributed by atoms with Gasteiger partial charge in [0.2, 0.25) is 5.91 Å². The number of rotatable bonds is 6. The highest BCUT2D eigenvalue weighted by Gasteiger charge is 2.15. The van der Waals surface area contributed by atoms with Gasteiger partial charge < -0.3 is 9.88 Å². The highest BCUT2D eigenvalue weighted by molar-refractivity contribution is 9.10. The minimum atomic E-state index is -0.458. The van der Waals surface area contributed by atoms with Crippen LogP contribution in [0.15, 0.2) is 58.2 Å². The number of carbonyl (C=O) groups excluding carboxylic acids is 1. The van der Waals surface area contributed by atoms with Crippen molar-refractivity contribution < 1.29 is 9.18 Å². The zero-order valence-electron chi connectivity index (χ0n) is 13.9. The molecule has 2 aromatic carbocycles. The van der Waals surface area contributed by atoms with E-state index in [9.17, 15) is 9.18 Å². The molecule has 0 saturated carbocycles. The zero-order valence-corrected chi connectivity index (χ0v) is 16.3. The molecule has 1 aromatic heterocycles. The molecule has 26 heavy (non-hydrogen) atoms. The first-order chi connectivity index (χ1) is 12.6. The number of hydrogen-bond donors (Lipinski definition) is 1. The molecule has 1 heterocycles. The molecule has 0 spiro atoms. The fourth-order valence-electron chi connectivity index (χ4n) is 2.37. The number of thioether (sulfide) groups is 1. The first-order valence-corrected chi connectivity index (χ1v) is 9.72. The second kappa shape index (κ2) is 8.46. The third kappa shape index (κ3) is 4.31. The molecule has 0 atom stereocenters. The second-order valence-corrected chi connectivity index (χ2v) is 7.23. The lowest BCUT2D eigenvalue weighted by Gasteiger charge is -2.08. The van der Waals surface area contributed by atoms with Crippen molar-refractivity contribution in [2.45, 2.75) is 18.6 Å². The zero-order chi connectivity index (χ0) is 18.5. The summed E-state index contributed by atoms with van der Waals surface area (Å²) in [6.07, 6.45) is 0. The number of anilines is 1. The van der Waals surface area contributed by atoms with Crippen molar-refractivity contribution in [3.63, 3.8) is 0 Å². The Kier molecular flexibility index (Phi) is 6.05. The SMILES string of the molecule is CCn1c(SCC(=O)Nc2ccccc2F)nnc1-c1ccc(Br)cc1. The van der Waals surface area contributed by atoms with Crippen molar-refractivity contribution >= 4 is 39.3 Å². The van der Waals surface area contributed by atoms with Gasteiger partial charge in [-0.25, -0.2) is 4.39 Å². The van der Waals surface area contributed by atoms with Crippen LogP contribution in [-0.2, 0) is 11.3 Å². The lowest BCUT2D eigenvalue weighted by atomic mass is 10.2. The van der Waals surface area contributed by atoms with E-state index < -0.39 is 5.82 Å². The Morgan fingerprint density at radius 3 is 2.62 bits per heavy atom. The van der Waals surface area contributed by atoms with Crippen LogP contribution in [0.3, 0.4) is 0 Å². The van der Waals surface area contributed by atoms with E-state index in [2.05, 4.69) is 31.4 Å². The van der Waals surface area contributed by atoms with Crippen molar-refractivity contribution in [2.24, 2.45) is 0 Å². The second-order valence-electron chi connectivity index (χ2n) is 5.37. The minimum Gasteiger partial charge on any atom is -0.323 e. The Morgan fingerprint density at radius 1 is 1.19 bits per heavy atom. The van der Waals surface area contributed by atoms with E-state index in [0.29, 0.717) is 11.7 Å². The third-order valence-corrected chi connectivity index (χ3v) is 5.11. The van der Waals surface area contributed by atoms with Gasteiger partial charge in [-0.15, -0.1) is 10.2 Å². The summed E-state index contributed by atoms with van der Waals surface area (Å²) in [5.41, 5.74) is 1.12. The number of carbonyl (C=O) groups is 1. The van der Waals surface area contributed by atoms with Gasteiger partial charge >= 0.3 is 0 Å². The largest absolute Gasteiger partial charge is 0.323 e. The van der Waals surface area contributed by atoms with Crippen LogP contribution in [0.4, 0.5) is 10.1 Å². The minimum absolute atomic E-state index is 0.118. The number of hydrogen-bond acceptors (Lipinski definition) is 4. The van der Waals surface area contributed by atoms with Gasteiger partial charge in [0, 0.05) is 16.6 Å². The van der Waals surface area contributed by atoms with Crippen molar-refractivity contribution in [3.8, 4) is 11.4 Å². The van der Waals surface area contributed by atoms with Crippen molar-refractivity contribution in [1.82, 2.24) is 14.8 Å². The topological polar surface area (TPSA) is 59.8 Å². The van der Waals surface area contributed by atoms with Gasteiger partial charge in [0.15, 0.2) is 11.0 Å². The van der Waals surface area contributed by atoms with E-state index >= 15 is 0 Å². The molecule has 0 aliphatic rings. The lowest BCUT2D eigenvalue weighted by Crippen LogP contribution is -2.15. The quantitative estimate of drug-likeness (QED) is 0.575. The average Bonchev–Trinajstić information content (AvgIpc) is 3.05. The third-order valence-electron chi connectivity index (χ3n) is 3.62. The van der Waals surface area contributed by atoms with Crippen molar-refractivity contribution in [1.29, 1.82) is 0 Å². The summed E-state index contributed by atoms with van der Waals surface area (Å²) in [4.78, 5) is 12.1. The summed E-state index contributed by atoms with van der Waals surface area (Å²) in [5, 5.41) is 11.7. The van der Waals surface area contributed by atoms with Crippen LogP contribution in [0.2, 0.25) is 0 Å². The van der Waals surface area contributed by atoms with Crippen LogP contribution in [0.25, 0.3) is 11.4 Å². The summed E-state index contributed by atoms with van der Waals surface area (Å²) < 4.78 is 16.5. The van der Waals surface area contributed by atoms with Crippen LogP contribution in [0.1, 0.15) is 6.92 Å². The Balaban J connectivity index is 1.69. The fourth-order valence-corrected chi connectivity index (χ4v) is 3.44. The van der Waals surface area contributed by atoms with Crippen LogP contribution in [-0.4, -0.2) is 26.4 Å². The van der Waals surface area contributed by atoms with Crippen LogP contribution >= 0.6 is 27.7 Å². The molecule has 134 valence electrons. The molecule has 0 bridgehead atoms. The van der Waals surface area contributed by atoms with Crippen molar-refractivity contribution in [3.05, 3.63) is 58.8 Å². The number of para-hydroxylation sites is 1. The Hall–Kier alpha value is -2.19. The van der Waals surface area contributed by atoms with E-state index in [1.54, 1.807) is 12.1 Å². The van der Waals surface area contributed by atoms with Gasteiger partial charge in [-0.2, -0.15) is 0 Å². The van der Waals surface area contributed by atoms with E-state index in [-0.39, 0.29) is 17.3 Å². The molecule has 1 N–H and O–H groups in total. The van der Waals surface area contributed by atoms with Crippen LogP contribution < -0.4 is 5.32 Å². The van der Waals surface area contributed by atoms with Gasteiger partial charge in [-0.05, 0) is 31.2 Å².